The summed E-state index contributed by atoms with van der Waals surface area (Å²) in [5, 5.41) is 2.81. The van der Waals surface area contributed by atoms with Crippen LogP contribution in [-0.4, -0.2) is 24.0 Å². The van der Waals surface area contributed by atoms with E-state index in [1.807, 2.05) is 30.5 Å². The zero-order valence-corrected chi connectivity index (χ0v) is 12.0. The normalized spacial score (nSPS) is 12.2. The minimum atomic E-state index is -0.426. The zero-order valence-electron chi connectivity index (χ0n) is 9.07. The summed E-state index contributed by atoms with van der Waals surface area (Å²) in [6.07, 6.45) is 2.71. The van der Waals surface area contributed by atoms with Crippen molar-refractivity contribution < 1.29 is 4.79 Å². The molecule has 1 aromatic carbocycles. The monoisotopic (exact) mass is 350 g/mol. The fourth-order valence-electron chi connectivity index (χ4n) is 1.18. The third-order valence-corrected chi connectivity index (χ3v) is 3.38. The van der Waals surface area contributed by atoms with Crippen molar-refractivity contribution >= 4 is 45.9 Å². The van der Waals surface area contributed by atoms with Crippen LogP contribution < -0.4 is 11.1 Å². The molecule has 0 bridgehead atoms. The fourth-order valence-corrected chi connectivity index (χ4v) is 2.21. The highest BCUT2D eigenvalue weighted by Gasteiger charge is 2.12. The molecule has 0 aliphatic rings. The molecule has 5 heteroatoms. The van der Waals surface area contributed by atoms with Gasteiger partial charge in [-0.2, -0.15) is 11.8 Å². The lowest BCUT2D eigenvalue weighted by Gasteiger charge is -2.11. The van der Waals surface area contributed by atoms with Gasteiger partial charge in [-0.25, -0.2) is 0 Å². The number of nitrogens with two attached hydrogens (primary N) is 1. The first-order valence-electron chi connectivity index (χ1n) is 4.94. The lowest BCUT2D eigenvalue weighted by atomic mass is 10.2. The molecular formula is C11H15IN2OS. The highest BCUT2D eigenvalue weighted by molar-refractivity contribution is 14.1. The summed E-state index contributed by atoms with van der Waals surface area (Å²) >= 11 is 3.90. The van der Waals surface area contributed by atoms with Crippen LogP contribution >= 0.6 is 34.4 Å². The van der Waals surface area contributed by atoms with Gasteiger partial charge in [0, 0.05) is 9.26 Å². The molecule has 0 aromatic heterocycles. The molecule has 0 fully saturated rings. The van der Waals surface area contributed by atoms with Crippen LogP contribution in [0.15, 0.2) is 24.3 Å². The number of thioether (sulfide) groups is 1. The first-order chi connectivity index (χ1) is 7.63. The summed E-state index contributed by atoms with van der Waals surface area (Å²) in [6.45, 7) is 0. The zero-order chi connectivity index (χ0) is 12.0. The van der Waals surface area contributed by atoms with Gasteiger partial charge in [0.05, 0.1) is 6.04 Å². The van der Waals surface area contributed by atoms with Gasteiger partial charge in [0.1, 0.15) is 0 Å². The first kappa shape index (κ1) is 13.8. The SMILES string of the molecule is CSCC[C@@H](N)C(=O)Nc1cccc(I)c1. The Hall–Kier alpha value is -0.270. The van der Waals surface area contributed by atoms with E-state index in [-0.39, 0.29) is 5.91 Å². The lowest BCUT2D eigenvalue weighted by Crippen LogP contribution is -2.36. The minimum Gasteiger partial charge on any atom is -0.325 e. The van der Waals surface area contributed by atoms with Crippen LogP contribution in [0.1, 0.15) is 6.42 Å². The molecule has 0 saturated heterocycles. The van der Waals surface area contributed by atoms with Gasteiger partial charge in [0.15, 0.2) is 0 Å². The smallest absolute Gasteiger partial charge is 0.241 e. The van der Waals surface area contributed by atoms with E-state index in [4.69, 9.17) is 5.73 Å². The van der Waals surface area contributed by atoms with Gasteiger partial charge >= 0.3 is 0 Å². The molecule has 1 atom stereocenters. The Kier molecular flexibility index (Phi) is 6.15. The Bertz CT molecular complexity index is 360. The largest absolute Gasteiger partial charge is 0.325 e. The van der Waals surface area contributed by atoms with Crippen molar-refractivity contribution in [3.8, 4) is 0 Å². The molecule has 0 aliphatic carbocycles. The maximum absolute atomic E-state index is 11.7. The Morgan fingerprint density at radius 1 is 1.62 bits per heavy atom. The quantitative estimate of drug-likeness (QED) is 0.802. The predicted octanol–water partition coefficient (Wildman–Crippen LogP) is 2.31. The van der Waals surface area contributed by atoms with Crippen molar-refractivity contribution in [3.63, 3.8) is 0 Å². The summed E-state index contributed by atoms with van der Waals surface area (Å²) in [4.78, 5) is 11.7. The van der Waals surface area contributed by atoms with Gasteiger partial charge in [-0.05, 0) is 59.2 Å². The Morgan fingerprint density at radius 3 is 3.00 bits per heavy atom. The molecule has 3 nitrogen and oxygen atoms in total. The van der Waals surface area contributed by atoms with Gasteiger partial charge < -0.3 is 11.1 Å². The van der Waals surface area contributed by atoms with E-state index >= 15 is 0 Å². The van der Waals surface area contributed by atoms with Crippen molar-refractivity contribution in [1.29, 1.82) is 0 Å². The van der Waals surface area contributed by atoms with E-state index in [2.05, 4.69) is 27.9 Å². The summed E-state index contributed by atoms with van der Waals surface area (Å²) in [7, 11) is 0. The van der Waals surface area contributed by atoms with Crippen molar-refractivity contribution in [3.05, 3.63) is 27.8 Å². The van der Waals surface area contributed by atoms with Gasteiger partial charge in [-0.15, -0.1) is 0 Å². The summed E-state index contributed by atoms with van der Waals surface area (Å²) in [5.41, 5.74) is 6.56. The van der Waals surface area contributed by atoms with Gasteiger partial charge in [0.25, 0.3) is 0 Å². The van der Waals surface area contributed by atoms with E-state index in [1.54, 1.807) is 11.8 Å². The summed E-state index contributed by atoms with van der Waals surface area (Å²) in [5.74, 6) is 0.789. The molecule has 3 N–H and O–H groups in total. The van der Waals surface area contributed by atoms with Crippen molar-refractivity contribution in [2.75, 3.05) is 17.3 Å². The molecule has 1 rings (SSSR count). The average molecular weight is 350 g/mol. The molecule has 0 radical (unpaired) electrons. The molecule has 0 spiro atoms. The number of benzene rings is 1. The number of amides is 1. The van der Waals surface area contributed by atoms with E-state index < -0.39 is 6.04 Å². The molecule has 0 unspecified atom stereocenters. The van der Waals surface area contributed by atoms with Crippen molar-refractivity contribution in [1.82, 2.24) is 0 Å². The molecule has 0 heterocycles. The highest BCUT2D eigenvalue weighted by atomic mass is 127. The lowest BCUT2D eigenvalue weighted by molar-refractivity contribution is -0.117. The van der Waals surface area contributed by atoms with Crippen molar-refractivity contribution in [2.45, 2.75) is 12.5 Å². The maximum Gasteiger partial charge on any atom is 0.241 e. The predicted molar refractivity (Wildman–Crippen MR) is 78.8 cm³/mol. The maximum atomic E-state index is 11.7. The van der Waals surface area contributed by atoms with Crippen LogP contribution in [0, 0.1) is 3.57 Å². The van der Waals surface area contributed by atoms with Gasteiger partial charge in [-0.3, -0.25) is 4.79 Å². The molecule has 1 amide bonds. The topological polar surface area (TPSA) is 55.1 Å². The van der Waals surface area contributed by atoms with Gasteiger partial charge in [0.2, 0.25) is 5.91 Å². The van der Waals surface area contributed by atoms with Crippen LogP contribution in [0.25, 0.3) is 0 Å². The van der Waals surface area contributed by atoms with Crippen molar-refractivity contribution in [2.24, 2.45) is 5.73 Å². The molecule has 88 valence electrons. The van der Waals surface area contributed by atoms with Crippen LogP contribution in [0.5, 0.6) is 0 Å². The molecule has 1 aromatic rings. The molecule has 16 heavy (non-hydrogen) atoms. The second kappa shape index (κ2) is 7.13. The van der Waals surface area contributed by atoms with E-state index in [9.17, 15) is 4.79 Å². The number of rotatable bonds is 5. The van der Waals surface area contributed by atoms with Crippen LogP contribution in [0.2, 0.25) is 0 Å². The standard InChI is InChI=1S/C11H15IN2OS/c1-16-6-5-10(13)11(15)14-9-4-2-3-8(12)7-9/h2-4,7,10H,5-6,13H2,1H3,(H,14,15)/t10-/m1/s1. The molecular weight excluding hydrogens is 335 g/mol. The molecule has 0 aliphatic heterocycles. The second-order valence-electron chi connectivity index (χ2n) is 3.39. The number of carbonyl (C=O) groups is 1. The summed E-state index contributed by atoms with van der Waals surface area (Å²) < 4.78 is 1.09. The second-order valence-corrected chi connectivity index (χ2v) is 5.62. The number of halogens is 1. The fraction of sp³-hybridized carbons (Fsp3) is 0.364. The third-order valence-electron chi connectivity index (χ3n) is 2.06. The average Bonchev–Trinajstić information content (AvgIpc) is 2.25. The number of hydrogen-bond acceptors (Lipinski definition) is 3. The van der Waals surface area contributed by atoms with Crippen LogP contribution in [0.3, 0.4) is 0 Å². The number of carbonyl (C=O) groups excluding carboxylic acids is 1. The van der Waals surface area contributed by atoms with Crippen LogP contribution in [-0.2, 0) is 4.79 Å². The third kappa shape index (κ3) is 4.71. The number of hydrogen-bond donors (Lipinski definition) is 2. The first-order valence-corrected chi connectivity index (χ1v) is 7.41. The van der Waals surface area contributed by atoms with Crippen LogP contribution in [0.4, 0.5) is 5.69 Å². The number of anilines is 1. The minimum absolute atomic E-state index is 0.115. The van der Waals surface area contributed by atoms with Gasteiger partial charge in [-0.1, -0.05) is 6.07 Å². The Balaban J connectivity index is 2.50. The van der Waals surface area contributed by atoms with E-state index in [0.717, 1.165) is 15.0 Å². The summed E-state index contributed by atoms with van der Waals surface area (Å²) in [6, 6.07) is 7.24. The van der Waals surface area contributed by atoms with E-state index in [0.29, 0.717) is 6.42 Å². The Morgan fingerprint density at radius 2 is 2.38 bits per heavy atom. The molecule has 0 saturated carbocycles. The van der Waals surface area contributed by atoms with E-state index in [1.165, 1.54) is 0 Å². The Labute approximate surface area is 114 Å². The number of nitrogens with one attached hydrogen (secondary N) is 1. The highest BCUT2D eigenvalue weighted by Crippen LogP contribution is 2.12.